The molecule has 132 valence electrons. The van der Waals surface area contributed by atoms with Crippen molar-refractivity contribution in [3.63, 3.8) is 0 Å². The summed E-state index contributed by atoms with van der Waals surface area (Å²) in [5.41, 5.74) is 6.60. The van der Waals surface area contributed by atoms with Gasteiger partial charge in [-0.15, -0.1) is 0 Å². The highest BCUT2D eigenvalue weighted by Gasteiger charge is 2.24. The van der Waals surface area contributed by atoms with Gasteiger partial charge in [0.15, 0.2) is 0 Å². The topological polar surface area (TPSA) is 22.2 Å². The summed E-state index contributed by atoms with van der Waals surface area (Å²) in [5, 5.41) is 0. The first-order valence-electron chi connectivity index (χ1n) is 9.19. The number of unbranched alkanes of at least 4 members (excludes halogenated alkanes) is 1. The molecule has 0 radical (unpaired) electrons. The van der Waals surface area contributed by atoms with Crippen molar-refractivity contribution in [2.75, 3.05) is 0 Å². The molecule has 26 heavy (non-hydrogen) atoms. The Morgan fingerprint density at radius 1 is 1.04 bits per heavy atom. The van der Waals surface area contributed by atoms with Crippen molar-refractivity contribution in [3.8, 4) is 17.1 Å². The average molecular weight is 343 g/mol. The molecule has 3 rings (SSSR count). The lowest BCUT2D eigenvalue weighted by molar-refractivity contribution is 0.783. The van der Waals surface area contributed by atoms with E-state index in [1.54, 1.807) is 0 Å². The predicted octanol–water partition coefficient (Wildman–Crippen LogP) is 6.36. The Morgan fingerprint density at radius 2 is 1.69 bits per heavy atom. The van der Waals surface area contributed by atoms with Crippen molar-refractivity contribution in [2.45, 2.75) is 47.0 Å². The largest absolute Gasteiger partial charge is 0.362 e. The van der Waals surface area contributed by atoms with Crippen LogP contribution in [-0.4, -0.2) is 9.55 Å². The van der Waals surface area contributed by atoms with Crippen molar-refractivity contribution >= 4 is 5.82 Å². The molecule has 0 amide bonds. The molecule has 3 nitrogen and oxygen atoms in total. The van der Waals surface area contributed by atoms with E-state index < -0.39 is 0 Å². The number of aromatic nitrogens is 2. The Hall–Kier alpha value is -2.86. The van der Waals surface area contributed by atoms with Gasteiger partial charge in [-0.2, -0.15) is 0 Å². The van der Waals surface area contributed by atoms with Crippen LogP contribution in [0.3, 0.4) is 0 Å². The Labute approximate surface area is 156 Å². The molecule has 0 fully saturated rings. The predicted molar refractivity (Wildman–Crippen MR) is 108 cm³/mol. The van der Waals surface area contributed by atoms with Crippen molar-refractivity contribution in [1.82, 2.24) is 9.55 Å². The maximum absolute atomic E-state index is 7.83. The molecule has 1 heterocycles. The number of nitrogens with zero attached hydrogens (tertiary/aromatic N) is 3. The third-order valence-corrected chi connectivity index (χ3v) is 4.69. The first kappa shape index (κ1) is 17.9. The molecule has 1 aromatic heterocycles. The highest BCUT2D eigenvalue weighted by atomic mass is 15.2. The molecule has 0 aliphatic heterocycles. The van der Waals surface area contributed by atoms with E-state index in [0.29, 0.717) is 5.82 Å². The Kier molecular flexibility index (Phi) is 5.23. The van der Waals surface area contributed by atoms with Gasteiger partial charge < -0.3 is 4.85 Å². The molecule has 0 N–H and O–H groups in total. The van der Waals surface area contributed by atoms with Crippen molar-refractivity contribution < 1.29 is 0 Å². The summed E-state index contributed by atoms with van der Waals surface area (Å²) in [6.45, 7) is 16.3. The minimum atomic E-state index is 0.646. The number of hydrogen-bond acceptors (Lipinski definition) is 1. The number of aryl methyl sites for hydroxylation is 4. The van der Waals surface area contributed by atoms with Crippen LogP contribution in [0.25, 0.3) is 21.9 Å². The Bertz CT molecular complexity index is 936. The maximum atomic E-state index is 7.83. The van der Waals surface area contributed by atoms with Crippen molar-refractivity contribution in [2.24, 2.45) is 0 Å². The Morgan fingerprint density at radius 3 is 2.27 bits per heavy atom. The number of benzene rings is 2. The maximum Gasteiger partial charge on any atom is 0.258 e. The fourth-order valence-electron chi connectivity index (χ4n) is 3.60. The number of rotatable bonds is 5. The summed E-state index contributed by atoms with van der Waals surface area (Å²) < 4.78 is 2.07. The van der Waals surface area contributed by atoms with Crippen LogP contribution in [-0.2, 0) is 6.42 Å². The molecule has 0 saturated heterocycles. The van der Waals surface area contributed by atoms with Gasteiger partial charge in [0.1, 0.15) is 5.69 Å². The van der Waals surface area contributed by atoms with Gasteiger partial charge in [-0.25, -0.2) is 9.55 Å². The van der Waals surface area contributed by atoms with Crippen molar-refractivity contribution in [3.05, 3.63) is 76.3 Å². The second kappa shape index (κ2) is 7.58. The molecule has 0 bridgehead atoms. The fourth-order valence-corrected chi connectivity index (χ4v) is 3.60. The van der Waals surface area contributed by atoms with Gasteiger partial charge in [-0.3, -0.25) is 0 Å². The lowest BCUT2D eigenvalue weighted by Crippen LogP contribution is -2.03. The van der Waals surface area contributed by atoms with Crippen LogP contribution in [0, 0.1) is 27.3 Å². The van der Waals surface area contributed by atoms with Gasteiger partial charge in [0.2, 0.25) is 5.82 Å². The van der Waals surface area contributed by atoms with Crippen LogP contribution in [0.1, 0.15) is 42.1 Å². The van der Waals surface area contributed by atoms with Crippen LogP contribution < -0.4 is 0 Å². The van der Waals surface area contributed by atoms with E-state index in [4.69, 9.17) is 11.6 Å². The summed E-state index contributed by atoms with van der Waals surface area (Å²) in [5.74, 6) is 1.50. The minimum absolute atomic E-state index is 0.646. The molecule has 0 saturated carbocycles. The van der Waals surface area contributed by atoms with Crippen LogP contribution in [0.4, 0.5) is 5.82 Å². The second-order valence-electron chi connectivity index (χ2n) is 6.87. The zero-order chi connectivity index (χ0) is 18.7. The molecule has 3 heteroatoms. The molecule has 0 atom stereocenters. The third-order valence-electron chi connectivity index (χ3n) is 4.69. The summed E-state index contributed by atoms with van der Waals surface area (Å²) >= 11 is 0. The lowest BCUT2D eigenvalue weighted by atomic mass is 10.0. The summed E-state index contributed by atoms with van der Waals surface area (Å²) in [6, 6.07) is 14.5. The molecule has 0 spiro atoms. The van der Waals surface area contributed by atoms with Crippen LogP contribution in [0.15, 0.2) is 42.5 Å². The smallest absolute Gasteiger partial charge is 0.258 e. The summed E-state index contributed by atoms with van der Waals surface area (Å²) in [4.78, 5) is 8.82. The fraction of sp³-hybridized carbons (Fsp3) is 0.304. The number of imidazole rings is 1. The zero-order valence-corrected chi connectivity index (χ0v) is 16.0. The van der Waals surface area contributed by atoms with E-state index in [1.165, 1.54) is 16.7 Å². The van der Waals surface area contributed by atoms with Crippen LogP contribution in [0.2, 0.25) is 0 Å². The van der Waals surface area contributed by atoms with E-state index >= 15 is 0 Å². The third kappa shape index (κ3) is 3.28. The van der Waals surface area contributed by atoms with Crippen LogP contribution in [0.5, 0.6) is 0 Å². The van der Waals surface area contributed by atoms with E-state index in [2.05, 4.69) is 61.4 Å². The van der Waals surface area contributed by atoms with Gasteiger partial charge in [-0.05, 0) is 56.9 Å². The second-order valence-corrected chi connectivity index (χ2v) is 6.87. The molecule has 2 aromatic carbocycles. The highest BCUT2D eigenvalue weighted by molar-refractivity contribution is 5.69. The van der Waals surface area contributed by atoms with Gasteiger partial charge in [0, 0.05) is 5.56 Å². The van der Waals surface area contributed by atoms with E-state index in [9.17, 15) is 0 Å². The summed E-state index contributed by atoms with van der Waals surface area (Å²) in [6.07, 6.45) is 2.97. The lowest BCUT2D eigenvalue weighted by Gasteiger charge is -2.13. The van der Waals surface area contributed by atoms with Gasteiger partial charge in [-0.1, -0.05) is 55.8 Å². The monoisotopic (exact) mass is 343 g/mol. The van der Waals surface area contributed by atoms with E-state index in [-0.39, 0.29) is 0 Å². The molecular weight excluding hydrogens is 318 g/mol. The summed E-state index contributed by atoms with van der Waals surface area (Å²) in [7, 11) is 0. The molecular formula is C23H25N3. The first-order chi connectivity index (χ1) is 12.6. The van der Waals surface area contributed by atoms with Gasteiger partial charge in [0.25, 0.3) is 5.82 Å². The number of hydrogen-bond donors (Lipinski definition) is 0. The Balaban J connectivity index is 2.33. The minimum Gasteiger partial charge on any atom is -0.362 e. The quantitative estimate of drug-likeness (QED) is 0.494. The van der Waals surface area contributed by atoms with Gasteiger partial charge in [0.05, 0.1) is 5.69 Å². The van der Waals surface area contributed by atoms with Crippen molar-refractivity contribution in [1.29, 1.82) is 0 Å². The standard InChI is InChI=1S/C23H25N3/c1-6-7-13-20-23(24-5)26(21-17(3)14-16(2)15-18(21)4)22(25-20)19-11-9-8-10-12-19/h8-12,14-15H,6-7,13H2,1-4H3. The van der Waals surface area contributed by atoms with Crippen LogP contribution >= 0.6 is 0 Å². The molecule has 0 unspecified atom stereocenters. The van der Waals surface area contributed by atoms with Gasteiger partial charge >= 0.3 is 0 Å². The first-order valence-corrected chi connectivity index (χ1v) is 9.19. The highest BCUT2D eigenvalue weighted by Crippen LogP contribution is 2.35. The zero-order valence-electron chi connectivity index (χ0n) is 16.0. The average Bonchev–Trinajstić information content (AvgIpc) is 2.98. The molecule has 3 aromatic rings. The SMILES string of the molecule is [C-]#[N+]c1c(CCCC)nc(-c2ccccc2)n1-c1c(C)cc(C)cc1C. The molecule has 0 aliphatic rings. The molecule has 0 aliphatic carbocycles. The normalized spacial score (nSPS) is 10.7. The van der Waals surface area contributed by atoms with E-state index in [1.807, 2.05) is 18.2 Å². The van der Waals surface area contributed by atoms with E-state index in [0.717, 1.165) is 42.0 Å².